The van der Waals surface area contributed by atoms with Crippen molar-refractivity contribution in [2.75, 3.05) is 11.9 Å². The number of aromatic nitrogens is 1. The van der Waals surface area contributed by atoms with Crippen LogP contribution in [0.2, 0.25) is 0 Å². The molecule has 0 aromatic carbocycles. The number of nitrogens with zero attached hydrogens (tertiary/aromatic N) is 2. The van der Waals surface area contributed by atoms with Crippen molar-refractivity contribution in [2.24, 2.45) is 0 Å². The smallest absolute Gasteiger partial charge is 0.471 e. The second kappa shape index (κ2) is 4.92. The molecule has 1 heterocycles. The molecule has 0 fully saturated rings. The molecule has 0 spiro atoms. The first-order chi connectivity index (χ1) is 8.14. The van der Waals surface area contributed by atoms with Crippen LogP contribution in [0.25, 0.3) is 0 Å². The highest BCUT2D eigenvalue weighted by Crippen LogP contribution is 2.23. The maximum absolute atomic E-state index is 12.2. The largest absolute Gasteiger partial charge is 0.476 e. The number of hydrogen-bond donors (Lipinski definition) is 1. The van der Waals surface area contributed by atoms with Gasteiger partial charge in [-0.25, -0.2) is 9.78 Å². The van der Waals surface area contributed by atoms with Crippen molar-refractivity contribution in [3.63, 3.8) is 0 Å². The van der Waals surface area contributed by atoms with E-state index in [1.807, 2.05) is 0 Å². The molecule has 9 heteroatoms. The molecular weight excluding hydrogens is 321 g/mol. The van der Waals surface area contributed by atoms with Crippen LogP contribution in [0.5, 0.6) is 0 Å². The van der Waals surface area contributed by atoms with Gasteiger partial charge in [-0.1, -0.05) is 0 Å². The molecule has 1 rings (SSSR count). The zero-order valence-corrected chi connectivity index (χ0v) is 10.4. The maximum atomic E-state index is 12.2. The summed E-state index contributed by atoms with van der Waals surface area (Å²) in [5.74, 6) is -3.96. The number of aromatic carboxylic acids is 1. The van der Waals surface area contributed by atoms with Crippen molar-refractivity contribution in [1.29, 1.82) is 0 Å². The molecule has 1 aromatic rings. The van der Waals surface area contributed by atoms with E-state index in [-0.39, 0.29) is 9.37 Å². The van der Waals surface area contributed by atoms with Gasteiger partial charge in [0.2, 0.25) is 0 Å². The molecule has 5 nitrogen and oxygen atoms in total. The summed E-state index contributed by atoms with van der Waals surface area (Å²) >= 11 is 2.89. The highest BCUT2D eigenvalue weighted by molar-refractivity contribution is 9.10. The third kappa shape index (κ3) is 2.97. The molecule has 1 aromatic heterocycles. The number of halogens is 4. The first-order valence-electron chi connectivity index (χ1n) is 4.39. The molecule has 1 amide bonds. The number of alkyl halides is 3. The Hall–Kier alpha value is -1.64. The number of carbonyl (C=O) groups is 2. The van der Waals surface area contributed by atoms with Gasteiger partial charge in [0.1, 0.15) is 5.82 Å². The Bertz CT molecular complexity index is 504. The molecule has 0 unspecified atom stereocenters. The number of rotatable bonds is 2. The van der Waals surface area contributed by atoms with Crippen LogP contribution >= 0.6 is 15.9 Å². The third-order valence-electron chi connectivity index (χ3n) is 1.92. The van der Waals surface area contributed by atoms with E-state index < -0.39 is 29.6 Å². The molecule has 0 aliphatic carbocycles. The third-order valence-corrected chi connectivity index (χ3v) is 2.56. The SMILES string of the molecule is CN(C(=O)C(F)(F)F)c1ccc(Br)c(C(=O)O)n1. The minimum Gasteiger partial charge on any atom is -0.476 e. The molecule has 0 radical (unpaired) electrons. The van der Waals surface area contributed by atoms with E-state index in [4.69, 9.17) is 5.11 Å². The zero-order chi connectivity index (χ0) is 14.1. The molecule has 98 valence electrons. The van der Waals surface area contributed by atoms with Crippen LogP contribution in [-0.4, -0.2) is 35.2 Å². The van der Waals surface area contributed by atoms with Gasteiger partial charge in [-0.2, -0.15) is 13.2 Å². The van der Waals surface area contributed by atoms with Crippen molar-refractivity contribution in [2.45, 2.75) is 6.18 Å². The number of carbonyl (C=O) groups excluding carboxylic acids is 1. The van der Waals surface area contributed by atoms with Gasteiger partial charge in [-0.15, -0.1) is 0 Å². The summed E-state index contributed by atoms with van der Waals surface area (Å²) in [7, 11) is 0.859. The highest BCUT2D eigenvalue weighted by atomic mass is 79.9. The molecular formula is C9H6BrF3N2O3. The fraction of sp³-hybridized carbons (Fsp3) is 0.222. The lowest BCUT2D eigenvalue weighted by molar-refractivity contribution is -0.170. The summed E-state index contributed by atoms with van der Waals surface area (Å²) in [5.41, 5.74) is -0.477. The number of pyridine rings is 1. The summed E-state index contributed by atoms with van der Waals surface area (Å²) < 4.78 is 36.6. The molecule has 0 saturated heterocycles. The number of carboxylic acids is 1. The Morgan fingerprint density at radius 1 is 1.39 bits per heavy atom. The topological polar surface area (TPSA) is 70.5 Å². The predicted molar refractivity (Wildman–Crippen MR) is 58.4 cm³/mol. The van der Waals surface area contributed by atoms with Crippen LogP contribution in [0.1, 0.15) is 10.5 Å². The quantitative estimate of drug-likeness (QED) is 0.903. The van der Waals surface area contributed by atoms with Crippen LogP contribution in [0.15, 0.2) is 16.6 Å². The predicted octanol–water partition coefficient (Wildman–Crippen LogP) is 2.07. The summed E-state index contributed by atoms with van der Waals surface area (Å²) in [6.07, 6.45) is -5.05. The number of anilines is 1. The van der Waals surface area contributed by atoms with E-state index in [0.29, 0.717) is 0 Å². The minimum absolute atomic E-state index is 0.103. The van der Waals surface area contributed by atoms with Crippen molar-refractivity contribution in [3.8, 4) is 0 Å². The average molecular weight is 327 g/mol. The monoisotopic (exact) mass is 326 g/mol. The lowest BCUT2D eigenvalue weighted by Crippen LogP contribution is -2.39. The van der Waals surface area contributed by atoms with Gasteiger partial charge in [-0.05, 0) is 28.1 Å². The number of carboxylic acid groups (broad SMARTS) is 1. The lowest BCUT2D eigenvalue weighted by atomic mass is 10.3. The van der Waals surface area contributed by atoms with Crippen molar-refractivity contribution in [3.05, 3.63) is 22.3 Å². The van der Waals surface area contributed by atoms with Gasteiger partial charge in [0.25, 0.3) is 0 Å². The van der Waals surface area contributed by atoms with Crippen molar-refractivity contribution >= 4 is 33.6 Å². The average Bonchev–Trinajstić information content (AvgIpc) is 2.26. The molecule has 0 aliphatic rings. The maximum Gasteiger partial charge on any atom is 0.471 e. The van der Waals surface area contributed by atoms with E-state index in [1.54, 1.807) is 0 Å². The van der Waals surface area contributed by atoms with Gasteiger partial charge >= 0.3 is 18.1 Å². The van der Waals surface area contributed by atoms with Gasteiger partial charge in [0.15, 0.2) is 5.69 Å². The summed E-state index contributed by atoms with van der Waals surface area (Å²) in [5, 5.41) is 8.75. The van der Waals surface area contributed by atoms with E-state index in [1.165, 1.54) is 6.07 Å². The van der Waals surface area contributed by atoms with Crippen LogP contribution in [-0.2, 0) is 4.79 Å². The van der Waals surface area contributed by atoms with Crippen LogP contribution in [0.3, 0.4) is 0 Å². The standard InChI is InChI=1S/C9H6BrF3N2O3/c1-15(8(18)9(11,12)13)5-3-2-4(10)6(14-5)7(16)17/h2-3H,1H3,(H,16,17). The Morgan fingerprint density at radius 2 is 1.94 bits per heavy atom. The minimum atomic E-state index is -5.05. The fourth-order valence-corrected chi connectivity index (χ4v) is 1.45. The second-order valence-corrected chi connectivity index (χ2v) is 4.02. The van der Waals surface area contributed by atoms with Gasteiger partial charge in [-0.3, -0.25) is 9.69 Å². The van der Waals surface area contributed by atoms with E-state index in [9.17, 15) is 22.8 Å². The first kappa shape index (κ1) is 14.4. The van der Waals surface area contributed by atoms with Crippen LogP contribution < -0.4 is 4.90 Å². The van der Waals surface area contributed by atoms with E-state index >= 15 is 0 Å². The summed E-state index contributed by atoms with van der Waals surface area (Å²) in [6.45, 7) is 0. The van der Waals surface area contributed by atoms with Crippen molar-refractivity contribution < 1.29 is 27.9 Å². The Labute approximate surface area is 107 Å². The van der Waals surface area contributed by atoms with Crippen molar-refractivity contribution in [1.82, 2.24) is 4.98 Å². The fourth-order valence-electron chi connectivity index (χ4n) is 1.06. The van der Waals surface area contributed by atoms with Crippen LogP contribution in [0, 0.1) is 0 Å². The van der Waals surface area contributed by atoms with Crippen LogP contribution in [0.4, 0.5) is 19.0 Å². The normalized spacial score (nSPS) is 11.2. The number of amides is 1. The highest BCUT2D eigenvalue weighted by Gasteiger charge is 2.42. The lowest BCUT2D eigenvalue weighted by Gasteiger charge is -2.18. The Kier molecular flexibility index (Phi) is 3.95. The molecule has 0 saturated carbocycles. The zero-order valence-electron chi connectivity index (χ0n) is 8.82. The molecule has 0 bridgehead atoms. The van der Waals surface area contributed by atoms with Gasteiger partial charge in [0.05, 0.1) is 4.47 Å². The summed E-state index contributed by atoms with van der Waals surface area (Å²) in [6, 6.07) is 2.30. The Balaban J connectivity index is 3.15. The number of hydrogen-bond acceptors (Lipinski definition) is 3. The Morgan fingerprint density at radius 3 is 2.39 bits per heavy atom. The first-order valence-corrected chi connectivity index (χ1v) is 5.18. The van der Waals surface area contributed by atoms with E-state index in [0.717, 1.165) is 13.1 Å². The molecule has 18 heavy (non-hydrogen) atoms. The molecule has 0 aliphatic heterocycles. The van der Waals surface area contributed by atoms with E-state index in [2.05, 4.69) is 20.9 Å². The van der Waals surface area contributed by atoms with Gasteiger partial charge in [0, 0.05) is 7.05 Å². The molecule has 1 N–H and O–H groups in total. The second-order valence-electron chi connectivity index (χ2n) is 3.17. The van der Waals surface area contributed by atoms with Gasteiger partial charge < -0.3 is 5.11 Å². The molecule has 0 atom stereocenters. The summed E-state index contributed by atoms with van der Waals surface area (Å²) in [4.78, 5) is 25.4.